The fourth-order valence-corrected chi connectivity index (χ4v) is 5.42. The average molecular weight is 619 g/mol. The van der Waals surface area contributed by atoms with Crippen LogP contribution in [0, 0.1) is 0 Å². The van der Waals surface area contributed by atoms with Crippen LogP contribution in [-0.2, 0) is 26.3 Å². The normalized spacial score (nSPS) is 14.4. The van der Waals surface area contributed by atoms with Crippen LogP contribution in [0.3, 0.4) is 0 Å². The third-order valence-corrected chi connectivity index (χ3v) is 7.75. The molecule has 43 heavy (non-hydrogen) atoms. The van der Waals surface area contributed by atoms with Crippen LogP contribution < -0.4 is 23.9 Å². The second-order valence-electron chi connectivity index (χ2n) is 9.11. The molecule has 1 fully saturated rings. The lowest BCUT2D eigenvalue weighted by Crippen LogP contribution is -2.54. The number of carbonyl (C=O) groups is 3. The van der Waals surface area contributed by atoms with E-state index < -0.39 is 28.0 Å². The molecule has 0 bridgehead atoms. The van der Waals surface area contributed by atoms with Crippen molar-refractivity contribution in [2.24, 2.45) is 0 Å². The Hall–Kier alpha value is -5.13. The van der Waals surface area contributed by atoms with Gasteiger partial charge < -0.3 is 13.7 Å². The van der Waals surface area contributed by atoms with Gasteiger partial charge >= 0.3 is 16.1 Å². The van der Waals surface area contributed by atoms with E-state index in [1.165, 1.54) is 49.6 Å². The summed E-state index contributed by atoms with van der Waals surface area (Å²) in [5, 5.41) is 1.99. The molecule has 218 valence electrons. The van der Waals surface area contributed by atoms with E-state index in [1.54, 1.807) is 30.3 Å². The topological polar surface area (TPSA) is 128 Å². The molecule has 0 saturated carbocycles. The van der Waals surface area contributed by atoms with Gasteiger partial charge in [0.2, 0.25) is 5.75 Å². The van der Waals surface area contributed by atoms with Crippen molar-refractivity contribution in [1.29, 1.82) is 0 Å². The van der Waals surface area contributed by atoms with E-state index in [-0.39, 0.29) is 38.2 Å². The number of barbiturate groups is 1. The zero-order valence-corrected chi connectivity index (χ0v) is 24.1. The minimum absolute atomic E-state index is 0.0680. The lowest BCUT2D eigenvalue weighted by Gasteiger charge is -2.26. The highest BCUT2D eigenvalue weighted by molar-refractivity contribution is 7.87. The number of halogens is 1. The summed E-state index contributed by atoms with van der Waals surface area (Å²) in [5.74, 6) is -1.63. The van der Waals surface area contributed by atoms with Gasteiger partial charge in [0, 0.05) is 0 Å². The predicted octanol–water partition coefficient (Wildman–Crippen LogP) is 5.36. The van der Waals surface area contributed by atoms with Crippen molar-refractivity contribution in [3.63, 3.8) is 0 Å². The van der Waals surface area contributed by atoms with Gasteiger partial charge in [-0.2, -0.15) is 8.42 Å². The first-order chi connectivity index (χ1) is 20.7. The van der Waals surface area contributed by atoms with Crippen molar-refractivity contribution < 1.29 is 36.5 Å². The standard InChI is InChI=1S/C31H23ClN2O8S/c1-40-27-18-21(17-26(32)28(27)42-43(38,39)24-10-6-3-7-11-24)16-25-29(35)33-31(37)34(30(25)36)22-12-14-23(15-13-22)41-19-20-8-4-2-5-9-20/h2-18H,19H2,1H3,(H,33,35,37)/b25-16+. The monoisotopic (exact) mass is 618 g/mol. The van der Waals surface area contributed by atoms with Gasteiger partial charge in [0.25, 0.3) is 11.8 Å². The van der Waals surface area contributed by atoms with E-state index in [0.717, 1.165) is 10.5 Å². The number of amides is 4. The second-order valence-corrected chi connectivity index (χ2v) is 11.1. The number of hydrogen-bond donors (Lipinski definition) is 1. The Morgan fingerprint density at radius 2 is 1.53 bits per heavy atom. The highest BCUT2D eigenvalue weighted by Crippen LogP contribution is 2.39. The number of methoxy groups -OCH3 is 1. The third kappa shape index (κ3) is 6.53. The van der Waals surface area contributed by atoms with Gasteiger partial charge in [0.05, 0.1) is 17.8 Å². The molecule has 0 atom stereocenters. The summed E-state index contributed by atoms with van der Waals surface area (Å²) in [5.41, 5.74) is 1.02. The fraction of sp³-hybridized carbons (Fsp3) is 0.0645. The lowest BCUT2D eigenvalue weighted by molar-refractivity contribution is -0.122. The van der Waals surface area contributed by atoms with E-state index in [0.29, 0.717) is 12.4 Å². The number of anilines is 1. The molecule has 4 amide bonds. The molecule has 0 radical (unpaired) electrons. The van der Waals surface area contributed by atoms with Gasteiger partial charge in [0.1, 0.15) is 22.8 Å². The molecule has 0 unspecified atom stereocenters. The Kier molecular flexibility index (Phi) is 8.46. The number of nitrogens with zero attached hydrogens (tertiary/aromatic N) is 1. The molecule has 12 heteroatoms. The molecule has 1 aliphatic heterocycles. The van der Waals surface area contributed by atoms with Crippen LogP contribution in [0.1, 0.15) is 11.1 Å². The fourth-order valence-electron chi connectivity index (χ4n) is 4.14. The number of benzene rings is 4. The molecule has 1 heterocycles. The van der Waals surface area contributed by atoms with Crippen LogP contribution in [0.5, 0.6) is 17.2 Å². The largest absolute Gasteiger partial charge is 0.493 e. The van der Waals surface area contributed by atoms with Crippen molar-refractivity contribution in [3.8, 4) is 17.2 Å². The maximum atomic E-state index is 13.4. The molecular weight excluding hydrogens is 596 g/mol. The van der Waals surface area contributed by atoms with Crippen molar-refractivity contribution >= 4 is 51.3 Å². The van der Waals surface area contributed by atoms with Crippen molar-refractivity contribution in [2.75, 3.05) is 12.0 Å². The summed E-state index contributed by atoms with van der Waals surface area (Å²) < 4.78 is 41.8. The smallest absolute Gasteiger partial charge is 0.339 e. The summed E-state index contributed by atoms with van der Waals surface area (Å²) >= 11 is 6.36. The van der Waals surface area contributed by atoms with Gasteiger partial charge in [-0.25, -0.2) is 9.69 Å². The predicted molar refractivity (Wildman–Crippen MR) is 158 cm³/mol. The Bertz CT molecular complexity index is 1830. The van der Waals surface area contributed by atoms with Gasteiger partial charge in [-0.1, -0.05) is 60.1 Å². The first-order valence-corrected chi connectivity index (χ1v) is 14.5. The maximum absolute atomic E-state index is 13.4. The van der Waals surface area contributed by atoms with Gasteiger partial charge in [-0.05, 0) is 65.7 Å². The summed E-state index contributed by atoms with van der Waals surface area (Å²) in [7, 11) is -2.97. The lowest BCUT2D eigenvalue weighted by atomic mass is 10.1. The number of ether oxygens (including phenoxy) is 2. The average Bonchev–Trinajstić information content (AvgIpc) is 3.01. The molecule has 10 nitrogen and oxygen atoms in total. The Morgan fingerprint density at radius 1 is 0.884 bits per heavy atom. The molecule has 4 aromatic rings. The Morgan fingerprint density at radius 3 is 2.19 bits per heavy atom. The van der Waals surface area contributed by atoms with Gasteiger partial charge in [0.15, 0.2) is 5.75 Å². The Labute approximate surface area is 252 Å². The van der Waals surface area contributed by atoms with E-state index in [1.807, 2.05) is 30.3 Å². The number of imide groups is 2. The second kappa shape index (κ2) is 12.4. The Balaban J connectivity index is 1.39. The summed E-state index contributed by atoms with van der Waals surface area (Å²) in [6, 6.07) is 25.0. The zero-order valence-electron chi connectivity index (χ0n) is 22.5. The third-order valence-electron chi connectivity index (χ3n) is 6.23. The van der Waals surface area contributed by atoms with Gasteiger partial charge in [-0.3, -0.25) is 14.9 Å². The SMILES string of the molecule is COc1cc(/C=C2\C(=O)NC(=O)N(c3ccc(OCc4ccccc4)cc3)C2=O)cc(Cl)c1OS(=O)(=O)c1ccccc1. The van der Waals surface area contributed by atoms with Crippen LogP contribution in [0.15, 0.2) is 108 Å². The molecule has 1 aliphatic rings. The number of nitrogens with one attached hydrogen (secondary N) is 1. The molecule has 4 aromatic carbocycles. The van der Waals surface area contributed by atoms with E-state index in [4.69, 9.17) is 25.3 Å². The molecular formula is C31H23ClN2O8S. The van der Waals surface area contributed by atoms with Crippen LogP contribution in [0.25, 0.3) is 6.08 Å². The van der Waals surface area contributed by atoms with E-state index in [2.05, 4.69) is 5.32 Å². The molecule has 0 aliphatic carbocycles. The van der Waals surface area contributed by atoms with E-state index >= 15 is 0 Å². The summed E-state index contributed by atoms with van der Waals surface area (Å²) in [6.45, 7) is 0.332. The van der Waals surface area contributed by atoms with Crippen LogP contribution in [0.4, 0.5) is 10.5 Å². The van der Waals surface area contributed by atoms with Crippen molar-refractivity contribution in [2.45, 2.75) is 11.5 Å². The van der Waals surface area contributed by atoms with Crippen molar-refractivity contribution in [3.05, 3.63) is 119 Å². The molecule has 1 saturated heterocycles. The molecule has 0 aromatic heterocycles. The molecule has 5 rings (SSSR count). The van der Waals surface area contributed by atoms with E-state index in [9.17, 15) is 22.8 Å². The summed E-state index contributed by atoms with van der Waals surface area (Å²) in [6.07, 6.45) is 1.21. The first-order valence-electron chi connectivity index (χ1n) is 12.7. The van der Waals surface area contributed by atoms with Gasteiger partial charge in [-0.15, -0.1) is 0 Å². The number of hydrogen-bond acceptors (Lipinski definition) is 8. The number of carbonyl (C=O) groups excluding carboxylic acids is 3. The van der Waals surface area contributed by atoms with Crippen molar-refractivity contribution in [1.82, 2.24) is 5.32 Å². The highest BCUT2D eigenvalue weighted by atomic mass is 35.5. The highest BCUT2D eigenvalue weighted by Gasteiger charge is 2.37. The number of urea groups is 1. The minimum Gasteiger partial charge on any atom is -0.493 e. The zero-order chi connectivity index (χ0) is 30.6. The minimum atomic E-state index is -4.24. The quantitative estimate of drug-likeness (QED) is 0.151. The molecule has 0 spiro atoms. The molecule has 1 N–H and O–H groups in total. The maximum Gasteiger partial charge on any atom is 0.339 e. The van der Waals surface area contributed by atoms with Crippen LogP contribution in [-0.4, -0.2) is 33.4 Å². The van der Waals surface area contributed by atoms with Crippen LogP contribution >= 0.6 is 11.6 Å². The van der Waals surface area contributed by atoms with Crippen LogP contribution in [0.2, 0.25) is 5.02 Å². The number of rotatable bonds is 9. The first kappa shape index (κ1) is 29.4. The summed E-state index contributed by atoms with van der Waals surface area (Å²) in [4.78, 5) is 39.4.